The molecule has 4 nitrogen and oxygen atoms in total. The maximum absolute atomic E-state index is 13.5. The molecule has 2 aromatic carbocycles. The second-order valence-corrected chi connectivity index (χ2v) is 4.68. The molecule has 5 heteroatoms. The van der Waals surface area contributed by atoms with Crippen LogP contribution in [0.15, 0.2) is 42.5 Å². The second-order valence-electron chi connectivity index (χ2n) is 4.68. The smallest absolute Gasteiger partial charge is 0.224 e. The van der Waals surface area contributed by atoms with Crippen LogP contribution < -0.4 is 14.8 Å². The summed E-state index contributed by atoms with van der Waals surface area (Å²) in [7, 11) is 3.12. The van der Waals surface area contributed by atoms with Crippen molar-refractivity contribution in [2.45, 2.75) is 12.8 Å². The van der Waals surface area contributed by atoms with Crippen LogP contribution in [-0.4, -0.2) is 20.1 Å². The Kier molecular flexibility index (Phi) is 5.36. The first-order chi connectivity index (χ1) is 10.7. The van der Waals surface area contributed by atoms with Gasteiger partial charge in [-0.05, 0) is 30.2 Å². The topological polar surface area (TPSA) is 47.6 Å². The quantitative estimate of drug-likeness (QED) is 0.889. The number of carbonyl (C=O) groups is 1. The summed E-state index contributed by atoms with van der Waals surface area (Å²) in [6, 6.07) is 11.6. The van der Waals surface area contributed by atoms with Crippen molar-refractivity contribution in [3.63, 3.8) is 0 Å². The molecule has 2 rings (SSSR count). The molecule has 0 unspecified atom stereocenters. The van der Waals surface area contributed by atoms with E-state index in [1.165, 1.54) is 12.1 Å². The first kappa shape index (κ1) is 15.8. The van der Waals surface area contributed by atoms with Crippen molar-refractivity contribution in [2.75, 3.05) is 19.5 Å². The maximum atomic E-state index is 13.5. The molecule has 116 valence electrons. The van der Waals surface area contributed by atoms with Crippen LogP contribution >= 0.6 is 0 Å². The van der Waals surface area contributed by atoms with E-state index < -0.39 is 5.82 Å². The van der Waals surface area contributed by atoms with E-state index in [1.54, 1.807) is 32.4 Å². The summed E-state index contributed by atoms with van der Waals surface area (Å²) in [5, 5.41) is 2.56. The standard InChI is InChI=1S/C17H18FNO3/c1-21-15-9-5-6-12(17(15)22-2)10-11-16(20)19-14-8-4-3-7-13(14)18/h3-9H,10-11H2,1-2H3,(H,19,20). The molecule has 0 aromatic heterocycles. The predicted molar refractivity (Wildman–Crippen MR) is 82.9 cm³/mol. The fourth-order valence-corrected chi connectivity index (χ4v) is 2.17. The van der Waals surface area contributed by atoms with Gasteiger partial charge in [-0.2, -0.15) is 0 Å². The predicted octanol–water partition coefficient (Wildman–Crippen LogP) is 3.41. The van der Waals surface area contributed by atoms with Crippen LogP contribution in [0.2, 0.25) is 0 Å². The average molecular weight is 303 g/mol. The van der Waals surface area contributed by atoms with Gasteiger partial charge in [0.15, 0.2) is 11.5 Å². The molecule has 0 heterocycles. The van der Waals surface area contributed by atoms with Gasteiger partial charge < -0.3 is 14.8 Å². The molecule has 0 spiro atoms. The highest BCUT2D eigenvalue weighted by Crippen LogP contribution is 2.31. The molecular formula is C17H18FNO3. The van der Waals surface area contributed by atoms with E-state index in [1.807, 2.05) is 12.1 Å². The van der Waals surface area contributed by atoms with Gasteiger partial charge in [-0.15, -0.1) is 0 Å². The van der Waals surface area contributed by atoms with Crippen LogP contribution in [0.3, 0.4) is 0 Å². The van der Waals surface area contributed by atoms with E-state index in [9.17, 15) is 9.18 Å². The van der Waals surface area contributed by atoms with E-state index in [2.05, 4.69) is 5.32 Å². The first-order valence-corrected chi connectivity index (χ1v) is 6.90. The maximum Gasteiger partial charge on any atom is 0.224 e. The fourth-order valence-electron chi connectivity index (χ4n) is 2.17. The molecular weight excluding hydrogens is 285 g/mol. The first-order valence-electron chi connectivity index (χ1n) is 6.90. The Morgan fingerprint density at radius 2 is 1.86 bits per heavy atom. The average Bonchev–Trinajstić information content (AvgIpc) is 2.54. The molecule has 0 aliphatic heterocycles. The monoisotopic (exact) mass is 303 g/mol. The summed E-state index contributed by atoms with van der Waals surface area (Å²) < 4.78 is 24.0. The highest BCUT2D eigenvalue weighted by Gasteiger charge is 2.12. The van der Waals surface area contributed by atoms with Crippen LogP contribution in [0.1, 0.15) is 12.0 Å². The number of para-hydroxylation sites is 2. The van der Waals surface area contributed by atoms with Crippen molar-refractivity contribution >= 4 is 11.6 Å². The van der Waals surface area contributed by atoms with Gasteiger partial charge in [0.05, 0.1) is 19.9 Å². The Morgan fingerprint density at radius 3 is 2.55 bits per heavy atom. The molecule has 0 bridgehead atoms. The number of methoxy groups -OCH3 is 2. The van der Waals surface area contributed by atoms with Crippen LogP contribution in [0.25, 0.3) is 0 Å². The number of rotatable bonds is 6. The van der Waals surface area contributed by atoms with Crippen LogP contribution in [0.5, 0.6) is 11.5 Å². The lowest BCUT2D eigenvalue weighted by atomic mass is 10.1. The van der Waals surface area contributed by atoms with Gasteiger partial charge in [0.1, 0.15) is 5.82 Å². The number of amides is 1. The van der Waals surface area contributed by atoms with Crippen LogP contribution in [0, 0.1) is 5.82 Å². The number of hydrogen-bond acceptors (Lipinski definition) is 3. The summed E-state index contributed by atoms with van der Waals surface area (Å²) in [6.07, 6.45) is 0.693. The molecule has 1 amide bonds. The third-order valence-electron chi connectivity index (χ3n) is 3.25. The van der Waals surface area contributed by atoms with Gasteiger partial charge in [-0.25, -0.2) is 4.39 Å². The number of ether oxygens (including phenoxy) is 2. The van der Waals surface area contributed by atoms with E-state index in [-0.39, 0.29) is 18.0 Å². The zero-order chi connectivity index (χ0) is 15.9. The largest absolute Gasteiger partial charge is 0.493 e. The third-order valence-corrected chi connectivity index (χ3v) is 3.25. The lowest BCUT2D eigenvalue weighted by Crippen LogP contribution is -2.13. The number of nitrogens with one attached hydrogen (secondary N) is 1. The van der Waals surface area contributed by atoms with Crippen molar-refractivity contribution in [3.05, 3.63) is 53.8 Å². The molecule has 0 radical (unpaired) electrons. The summed E-state index contributed by atoms with van der Waals surface area (Å²) in [5.41, 5.74) is 1.05. The zero-order valence-corrected chi connectivity index (χ0v) is 12.6. The normalized spacial score (nSPS) is 10.1. The number of anilines is 1. The van der Waals surface area contributed by atoms with Crippen LogP contribution in [-0.2, 0) is 11.2 Å². The minimum atomic E-state index is -0.449. The molecule has 0 aliphatic carbocycles. The van der Waals surface area contributed by atoms with Crippen molar-refractivity contribution in [2.24, 2.45) is 0 Å². The Hall–Kier alpha value is -2.56. The molecule has 1 N–H and O–H groups in total. The van der Waals surface area contributed by atoms with Gasteiger partial charge >= 0.3 is 0 Å². The number of aryl methyl sites for hydroxylation is 1. The zero-order valence-electron chi connectivity index (χ0n) is 12.6. The minimum Gasteiger partial charge on any atom is -0.493 e. The SMILES string of the molecule is COc1cccc(CCC(=O)Nc2ccccc2F)c1OC. The molecule has 22 heavy (non-hydrogen) atoms. The third kappa shape index (κ3) is 3.75. The number of benzene rings is 2. The Balaban J connectivity index is 2.01. The lowest BCUT2D eigenvalue weighted by molar-refractivity contribution is -0.116. The number of halogens is 1. The van der Waals surface area contributed by atoms with E-state index in [0.717, 1.165) is 5.56 Å². The molecule has 0 saturated carbocycles. The van der Waals surface area contributed by atoms with Crippen molar-refractivity contribution in [1.82, 2.24) is 0 Å². The van der Waals surface area contributed by atoms with E-state index in [0.29, 0.717) is 17.9 Å². The lowest BCUT2D eigenvalue weighted by Gasteiger charge is -2.12. The van der Waals surface area contributed by atoms with E-state index >= 15 is 0 Å². The second kappa shape index (κ2) is 7.45. The van der Waals surface area contributed by atoms with Crippen LogP contribution in [0.4, 0.5) is 10.1 Å². The van der Waals surface area contributed by atoms with Crippen molar-refractivity contribution < 1.29 is 18.7 Å². The van der Waals surface area contributed by atoms with Crippen molar-refractivity contribution in [1.29, 1.82) is 0 Å². The van der Waals surface area contributed by atoms with Gasteiger partial charge in [-0.1, -0.05) is 24.3 Å². The summed E-state index contributed by atoms with van der Waals surface area (Å²) >= 11 is 0. The Morgan fingerprint density at radius 1 is 1.09 bits per heavy atom. The molecule has 2 aromatic rings. The minimum absolute atomic E-state index is 0.185. The van der Waals surface area contributed by atoms with Gasteiger partial charge in [0.25, 0.3) is 0 Å². The molecule has 0 aliphatic rings. The van der Waals surface area contributed by atoms with E-state index in [4.69, 9.17) is 9.47 Å². The number of hydrogen-bond donors (Lipinski definition) is 1. The Bertz CT molecular complexity index is 658. The summed E-state index contributed by atoms with van der Waals surface area (Å²) in [4.78, 5) is 11.9. The molecule has 0 saturated heterocycles. The number of carbonyl (C=O) groups excluding carboxylic acids is 1. The summed E-state index contributed by atoms with van der Waals surface area (Å²) in [5.74, 6) is 0.531. The van der Waals surface area contributed by atoms with Gasteiger partial charge in [-0.3, -0.25) is 4.79 Å². The van der Waals surface area contributed by atoms with Gasteiger partial charge in [0.2, 0.25) is 5.91 Å². The van der Waals surface area contributed by atoms with Gasteiger partial charge in [0, 0.05) is 6.42 Å². The Labute approximate surface area is 128 Å². The molecule has 0 fully saturated rings. The summed E-state index contributed by atoms with van der Waals surface area (Å²) in [6.45, 7) is 0. The highest BCUT2D eigenvalue weighted by molar-refractivity contribution is 5.91. The van der Waals surface area contributed by atoms with Crippen molar-refractivity contribution in [3.8, 4) is 11.5 Å². The fraction of sp³-hybridized carbons (Fsp3) is 0.235. The molecule has 0 atom stereocenters. The highest BCUT2D eigenvalue weighted by atomic mass is 19.1.